The lowest BCUT2D eigenvalue weighted by Gasteiger charge is -2.25. The van der Waals surface area contributed by atoms with Crippen molar-refractivity contribution in [3.8, 4) is 0 Å². The molecule has 5 nitrogen and oxygen atoms in total. The molecule has 0 saturated carbocycles. The Hall–Kier alpha value is -1.77. The molecule has 1 aromatic carbocycles. The van der Waals surface area contributed by atoms with Gasteiger partial charge in [0.05, 0.1) is 17.9 Å². The monoisotopic (exact) mass is 407 g/mol. The van der Waals surface area contributed by atoms with E-state index in [4.69, 9.17) is 0 Å². The van der Waals surface area contributed by atoms with Crippen molar-refractivity contribution in [2.75, 3.05) is 25.1 Å². The summed E-state index contributed by atoms with van der Waals surface area (Å²) in [6.45, 7) is 6.96. The fourth-order valence-corrected chi connectivity index (χ4v) is 3.15. The Bertz CT molecular complexity index is 744. The van der Waals surface area contributed by atoms with Crippen molar-refractivity contribution in [2.24, 2.45) is 10.4 Å². The van der Waals surface area contributed by atoms with Gasteiger partial charge in [0.1, 0.15) is 9.84 Å². The average molecular weight is 408 g/mol. The first-order valence-corrected chi connectivity index (χ1v) is 10.7. The Labute approximate surface area is 159 Å². The predicted octanol–water partition coefficient (Wildman–Crippen LogP) is 3.22. The maximum Gasteiger partial charge on any atom is 0.416 e. The van der Waals surface area contributed by atoms with Crippen LogP contribution in [0.4, 0.5) is 13.2 Å². The molecule has 0 aliphatic heterocycles. The fraction of sp³-hybridized carbons (Fsp3) is 0.611. The normalized spacial score (nSPS) is 13.5. The van der Waals surface area contributed by atoms with Crippen LogP contribution in [-0.4, -0.2) is 39.5 Å². The first-order chi connectivity index (χ1) is 12.3. The Kier molecular flexibility index (Phi) is 8.13. The molecule has 2 N–H and O–H groups in total. The molecule has 0 heterocycles. The van der Waals surface area contributed by atoms with Gasteiger partial charge < -0.3 is 10.6 Å². The van der Waals surface area contributed by atoms with E-state index in [-0.39, 0.29) is 17.7 Å². The van der Waals surface area contributed by atoms with Gasteiger partial charge in [-0.1, -0.05) is 26.0 Å². The van der Waals surface area contributed by atoms with Gasteiger partial charge in [-0.25, -0.2) is 13.4 Å². The largest absolute Gasteiger partial charge is 0.416 e. The summed E-state index contributed by atoms with van der Waals surface area (Å²) in [6, 6.07) is 5.07. The molecular weight excluding hydrogens is 379 g/mol. The van der Waals surface area contributed by atoms with E-state index >= 15 is 0 Å². The molecule has 0 radical (unpaired) electrons. The Morgan fingerprint density at radius 1 is 1.19 bits per heavy atom. The summed E-state index contributed by atoms with van der Waals surface area (Å²) in [5.74, 6) is 0.571. The van der Waals surface area contributed by atoms with Crippen molar-refractivity contribution in [1.82, 2.24) is 10.6 Å². The van der Waals surface area contributed by atoms with Crippen LogP contribution >= 0.6 is 0 Å². The molecule has 0 saturated heterocycles. The van der Waals surface area contributed by atoms with E-state index in [1.54, 1.807) is 6.07 Å². The quantitative estimate of drug-likeness (QED) is 0.513. The summed E-state index contributed by atoms with van der Waals surface area (Å²) in [5.41, 5.74) is -0.524. The molecule has 9 heteroatoms. The van der Waals surface area contributed by atoms with Gasteiger partial charge in [0.15, 0.2) is 5.96 Å². The summed E-state index contributed by atoms with van der Waals surface area (Å²) in [6.07, 6.45) is -2.69. The topological polar surface area (TPSA) is 70.6 Å². The lowest BCUT2D eigenvalue weighted by molar-refractivity contribution is -0.137. The first-order valence-electron chi connectivity index (χ1n) is 8.68. The molecule has 0 aliphatic carbocycles. The zero-order valence-electron chi connectivity index (χ0n) is 16.2. The summed E-state index contributed by atoms with van der Waals surface area (Å²) in [4.78, 5) is 4.33. The molecule has 1 aromatic rings. The van der Waals surface area contributed by atoms with Gasteiger partial charge in [-0.15, -0.1) is 0 Å². The molecule has 0 atom stereocenters. The second-order valence-electron chi connectivity index (χ2n) is 7.29. The van der Waals surface area contributed by atoms with Gasteiger partial charge in [-0.2, -0.15) is 13.2 Å². The van der Waals surface area contributed by atoms with E-state index < -0.39 is 21.6 Å². The van der Waals surface area contributed by atoms with Gasteiger partial charge in [-0.05, 0) is 36.5 Å². The minimum atomic E-state index is -4.38. The number of aliphatic imine (C=N–C) groups is 1. The molecule has 154 valence electrons. The average Bonchev–Trinajstić information content (AvgIpc) is 2.55. The van der Waals surface area contributed by atoms with Crippen LogP contribution in [0.1, 0.15) is 38.3 Å². The van der Waals surface area contributed by atoms with Crippen LogP contribution in [0.2, 0.25) is 0 Å². The smallest absolute Gasteiger partial charge is 0.357 e. The molecule has 0 bridgehead atoms. The number of nitrogens with one attached hydrogen (secondary N) is 2. The molecule has 0 aliphatic rings. The summed E-state index contributed by atoms with van der Waals surface area (Å²) in [7, 11) is -3.03. The Morgan fingerprint density at radius 2 is 1.85 bits per heavy atom. The van der Waals surface area contributed by atoms with Crippen molar-refractivity contribution in [3.05, 3.63) is 35.4 Å². The highest BCUT2D eigenvalue weighted by Gasteiger charge is 2.30. The lowest BCUT2D eigenvalue weighted by atomic mass is 9.90. The number of hydrogen-bond donors (Lipinski definition) is 2. The van der Waals surface area contributed by atoms with Gasteiger partial charge >= 0.3 is 6.18 Å². The van der Waals surface area contributed by atoms with E-state index in [9.17, 15) is 21.6 Å². The van der Waals surface area contributed by atoms with Crippen LogP contribution in [0, 0.1) is 5.41 Å². The van der Waals surface area contributed by atoms with Gasteiger partial charge in [0.2, 0.25) is 0 Å². The minimum Gasteiger partial charge on any atom is -0.357 e. The molecule has 0 amide bonds. The van der Waals surface area contributed by atoms with Crippen LogP contribution in [0.5, 0.6) is 0 Å². The Balaban J connectivity index is 2.75. The number of halogens is 3. The van der Waals surface area contributed by atoms with Crippen LogP contribution < -0.4 is 10.6 Å². The van der Waals surface area contributed by atoms with Crippen molar-refractivity contribution < 1.29 is 21.6 Å². The highest BCUT2D eigenvalue weighted by atomic mass is 32.2. The molecule has 1 rings (SSSR count). The van der Waals surface area contributed by atoms with Crippen molar-refractivity contribution in [2.45, 2.75) is 39.9 Å². The van der Waals surface area contributed by atoms with E-state index in [1.807, 2.05) is 20.8 Å². The number of rotatable bonds is 8. The van der Waals surface area contributed by atoms with Crippen molar-refractivity contribution >= 4 is 15.8 Å². The fourth-order valence-electron chi connectivity index (χ4n) is 2.23. The van der Waals surface area contributed by atoms with Gasteiger partial charge in [0, 0.05) is 19.3 Å². The van der Waals surface area contributed by atoms with Crippen LogP contribution in [0.3, 0.4) is 0 Å². The standard InChI is InChI=1S/C18H28F3N3O2S/c1-5-22-16(24-13-17(2,3)9-10-27(4,25)26)23-12-14-7-6-8-15(11-14)18(19,20)21/h6-8,11H,5,9-10,12-13H2,1-4H3,(H2,22,23,24). The first kappa shape index (κ1) is 23.3. The van der Waals surface area contributed by atoms with Crippen LogP contribution in [0.15, 0.2) is 29.3 Å². The number of guanidine groups is 1. The second kappa shape index (κ2) is 9.43. The molecule has 0 spiro atoms. The van der Waals surface area contributed by atoms with Gasteiger partial charge in [0.25, 0.3) is 0 Å². The number of hydrogen-bond acceptors (Lipinski definition) is 3. The van der Waals surface area contributed by atoms with E-state index in [0.717, 1.165) is 12.1 Å². The maximum atomic E-state index is 12.8. The number of benzene rings is 1. The molecule has 27 heavy (non-hydrogen) atoms. The SMILES string of the molecule is CCNC(=NCc1cccc(C(F)(F)F)c1)NCC(C)(C)CCS(C)(=O)=O. The molecular formula is C18H28F3N3O2S. The lowest BCUT2D eigenvalue weighted by Crippen LogP contribution is -2.42. The van der Waals surface area contributed by atoms with E-state index in [2.05, 4.69) is 15.6 Å². The number of nitrogens with zero attached hydrogens (tertiary/aromatic N) is 1. The molecule has 0 unspecified atom stereocenters. The van der Waals surface area contributed by atoms with Gasteiger partial charge in [-0.3, -0.25) is 0 Å². The van der Waals surface area contributed by atoms with E-state index in [1.165, 1.54) is 12.3 Å². The second-order valence-corrected chi connectivity index (χ2v) is 9.55. The number of sulfone groups is 1. The predicted molar refractivity (Wildman–Crippen MR) is 102 cm³/mol. The summed E-state index contributed by atoms with van der Waals surface area (Å²) in [5, 5.41) is 6.18. The molecule has 0 fully saturated rings. The highest BCUT2D eigenvalue weighted by Crippen LogP contribution is 2.29. The van der Waals surface area contributed by atoms with Crippen LogP contribution in [0.25, 0.3) is 0 Å². The number of alkyl halides is 3. The maximum absolute atomic E-state index is 12.8. The Morgan fingerprint density at radius 3 is 2.41 bits per heavy atom. The highest BCUT2D eigenvalue weighted by molar-refractivity contribution is 7.90. The summed E-state index contributed by atoms with van der Waals surface area (Å²) >= 11 is 0. The van der Waals surface area contributed by atoms with Crippen molar-refractivity contribution in [3.63, 3.8) is 0 Å². The zero-order valence-corrected chi connectivity index (χ0v) is 17.0. The molecule has 0 aromatic heterocycles. The minimum absolute atomic E-state index is 0.0968. The third-order valence-corrected chi connectivity index (χ3v) is 4.85. The third-order valence-electron chi connectivity index (χ3n) is 3.90. The summed E-state index contributed by atoms with van der Waals surface area (Å²) < 4.78 is 61.1. The zero-order chi connectivity index (χ0) is 20.7. The van der Waals surface area contributed by atoms with Crippen molar-refractivity contribution in [1.29, 1.82) is 0 Å². The van der Waals surface area contributed by atoms with Crippen LogP contribution in [-0.2, 0) is 22.6 Å². The van der Waals surface area contributed by atoms with E-state index in [0.29, 0.717) is 31.0 Å². The third kappa shape index (κ3) is 9.65.